The van der Waals surface area contributed by atoms with Crippen LogP contribution < -0.4 is 0 Å². The second-order valence-electron chi connectivity index (χ2n) is 6.58. The Kier molecular flexibility index (Phi) is 11.6. The van der Waals surface area contributed by atoms with E-state index in [1.165, 1.54) is 70.3 Å². The summed E-state index contributed by atoms with van der Waals surface area (Å²) >= 11 is 0. The molecule has 0 amide bonds. The van der Waals surface area contributed by atoms with Gasteiger partial charge in [0, 0.05) is 6.07 Å². The summed E-state index contributed by atoms with van der Waals surface area (Å²) < 4.78 is 0. The lowest BCUT2D eigenvalue weighted by molar-refractivity contribution is 0.449. The first-order chi connectivity index (χ1) is 11.7. The van der Waals surface area contributed by atoms with E-state index < -0.39 is 0 Å². The number of allylic oxidation sites excluding steroid dienone is 3. The Morgan fingerprint density at radius 1 is 0.667 bits per heavy atom. The maximum atomic E-state index is 9.42. The summed E-state index contributed by atoms with van der Waals surface area (Å²) in [7, 11) is 0. The maximum absolute atomic E-state index is 9.42. The van der Waals surface area contributed by atoms with E-state index in [0.29, 0.717) is 0 Å². The zero-order valence-corrected chi connectivity index (χ0v) is 15.1. The summed E-state index contributed by atoms with van der Waals surface area (Å²) in [6, 6.07) is 4.75. The van der Waals surface area contributed by atoms with Crippen LogP contribution in [0, 0.1) is 0 Å². The zero-order valence-electron chi connectivity index (χ0n) is 15.1. The second-order valence-corrected chi connectivity index (χ2v) is 6.58. The predicted molar refractivity (Wildman–Crippen MR) is 104 cm³/mol. The first-order valence-corrected chi connectivity index (χ1v) is 9.50. The summed E-state index contributed by atoms with van der Waals surface area (Å²) in [4.78, 5) is 0. The average Bonchev–Trinajstić information content (AvgIpc) is 2.54. The smallest absolute Gasteiger partial charge is 0.119 e. The molecule has 2 nitrogen and oxygen atoms in total. The lowest BCUT2D eigenvalue weighted by Gasteiger charge is -2.01. The van der Waals surface area contributed by atoms with Gasteiger partial charge in [-0.1, -0.05) is 63.2 Å². The molecule has 24 heavy (non-hydrogen) atoms. The van der Waals surface area contributed by atoms with Crippen LogP contribution in [-0.4, -0.2) is 10.2 Å². The molecule has 2 N–H and O–H groups in total. The topological polar surface area (TPSA) is 40.5 Å². The van der Waals surface area contributed by atoms with Crippen LogP contribution in [0.2, 0.25) is 0 Å². The number of unbranched alkanes of at least 4 members (excludes halogenated alkanes) is 10. The average molecular weight is 331 g/mol. The molecule has 0 aliphatic heterocycles. The molecule has 134 valence electrons. The Balaban J connectivity index is 1.92. The molecule has 0 unspecified atom stereocenters. The number of phenols is 2. The van der Waals surface area contributed by atoms with Crippen LogP contribution in [0.5, 0.6) is 11.5 Å². The maximum Gasteiger partial charge on any atom is 0.119 e. The number of rotatable bonds is 14. The molecule has 0 aliphatic rings. The Labute approximate surface area is 147 Å². The van der Waals surface area contributed by atoms with Crippen molar-refractivity contribution in [3.8, 4) is 11.5 Å². The van der Waals surface area contributed by atoms with Crippen LogP contribution in [0.3, 0.4) is 0 Å². The van der Waals surface area contributed by atoms with E-state index in [9.17, 15) is 10.2 Å². The SMILES string of the molecule is C=CCCCCCCCCCCCC=CCc1cc(O)cc(O)c1. The molecule has 0 spiro atoms. The van der Waals surface area contributed by atoms with Crippen molar-refractivity contribution in [2.45, 2.75) is 77.0 Å². The lowest BCUT2D eigenvalue weighted by atomic mass is 10.1. The molecule has 0 saturated heterocycles. The fourth-order valence-electron chi connectivity index (χ4n) is 2.90. The van der Waals surface area contributed by atoms with Crippen molar-refractivity contribution >= 4 is 0 Å². The van der Waals surface area contributed by atoms with Gasteiger partial charge < -0.3 is 10.2 Å². The van der Waals surface area contributed by atoms with Crippen molar-refractivity contribution in [3.05, 3.63) is 48.6 Å². The largest absolute Gasteiger partial charge is 0.508 e. The highest BCUT2D eigenvalue weighted by atomic mass is 16.3. The summed E-state index contributed by atoms with van der Waals surface area (Å²) in [6.45, 7) is 3.75. The third-order valence-corrected chi connectivity index (χ3v) is 4.26. The van der Waals surface area contributed by atoms with Crippen LogP contribution in [0.25, 0.3) is 0 Å². The van der Waals surface area contributed by atoms with Crippen molar-refractivity contribution < 1.29 is 10.2 Å². The molecule has 1 aromatic rings. The Bertz CT molecular complexity index is 457. The summed E-state index contributed by atoms with van der Waals surface area (Å²) in [6.07, 6.45) is 21.5. The fraction of sp³-hybridized carbons (Fsp3) is 0.545. The van der Waals surface area contributed by atoms with Crippen LogP contribution in [0.1, 0.15) is 76.2 Å². The molecular weight excluding hydrogens is 296 g/mol. The third-order valence-electron chi connectivity index (χ3n) is 4.26. The van der Waals surface area contributed by atoms with Gasteiger partial charge in [-0.25, -0.2) is 0 Å². The minimum Gasteiger partial charge on any atom is -0.508 e. The third kappa shape index (κ3) is 10.9. The van der Waals surface area contributed by atoms with E-state index in [-0.39, 0.29) is 11.5 Å². The van der Waals surface area contributed by atoms with Crippen molar-refractivity contribution in [3.63, 3.8) is 0 Å². The van der Waals surface area contributed by atoms with Gasteiger partial charge in [-0.3, -0.25) is 0 Å². The minimum absolute atomic E-state index is 0.124. The minimum atomic E-state index is 0.124. The van der Waals surface area contributed by atoms with Gasteiger partial charge in [0.1, 0.15) is 11.5 Å². The van der Waals surface area contributed by atoms with Gasteiger partial charge in [0.05, 0.1) is 0 Å². The molecule has 0 saturated carbocycles. The first kappa shape index (κ1) is 20.3. The Morgan fingerprint density at radius 2 is 1.17 bits per heavy atom. The van der Waals surface area contributed by atoms with Crippen molar-refractivity contribution in [1.29, 1.82) is 0 Å². The van der Waals surface area contributed by atoms with Gasteiger partial charge in [0.2, 0.25) is 0 Å². The Hall–Kier alpha value is -1.70. The highest BCUT2D eigenvalue weighted by Crippen LogP contribution is 2.21. The molecule has 1 rings (SSSR count). The quantitative estimate of drug-likeness (QED) is 0.295. The summed E-state index contributed by atoms with van der Waals surface area (Å²) in [5, 5.41) is 18.8. The second kappa shape index (κ2) is 13.7. The van der Waals surface area contributed by atoms with Crippen LogP contribution in [0.4, 0.5) is 0 Å². The molecule has 0 aliphatic carbocycles. The summed E-state index contributed by atoms with van der Waals surface area (Å²) in [5.41, 5.74) is 0.942. The molecular formula is C22H34O2. The lowest BCUT2D eigenvalue weighted by Crippen LogP contribution is -1.82. The van der Waals surface area contributed by atoms with Crippen LogP contribution in [-0.2, 0) is 6.42 Å². The van der Waals surface area contributed by atoms with Crippen LogP contribution in [0.15, 0.2) is 43.0 Å². The summed E-state index contributed by atoms with van der Waals surface area (Å²) in [5.74, 6) is 0.248. The number of hydrogen-bond donors (Lipinski definition) is 2. The van der Waals surface area contributed by atoms with E-state index in [1.54, 1.807) is 12.1 Å². The van der Waals surface area contributed by atoms with Crippen molar-refractivity contribution in [1.82, 2.24) is 0 Å². The van der Waals surface area contributed by atoms with Gasteiger partial charge in [0.15, 0.2) is 0 Å². The monoisotopic (exact) mass is 330 g/mol. The number of aromatic hydroxyl groups is 2. The van der Waals surface area contributed by atoms with Crippen LogP contribution >= 0.6 is 0 Å². The number of hydrogen-bond acceptors (Lipinski definition) is 2. The van der Waals surface area contributed by atoms with Crippen molar-refractivity contribution in [2.75, 3.05) is 0 Å². The van der Waals surface area contributed by atoms with E-state index in [0.717, 1.165) is 18.4 Å². The van der Waals surface area contributed by atoms with E-state index in [2.05, 4.69) is 18.7 Å². The highest BCUT2D eigenvalue weighted by molar-refractivity contribution is 5.37. The fourth-order valence-corrected chi connectivity index (χ4v) is 2.90. The van der Waals surface area contributed by atoms with E-state index in [4.69, 9.17) is 0 Å². The molecule has 0 heterocycles. The number of phenolic OH excluding ortho intramolecular Hbond substituents is 2. The first-order valence-electron chi connectivity index (χ1n) is 9.50. The van der Waals surface area contributed by atoms with Gasteiger partial charge in [-0.05, 0) is 49.8 Å². The molecule has 2 heteroatoms. The predicted octanol–water partition coefficient (Wildman–Crippen LogP) is 6.67. The number of benzene rings is 1. The Morgan fingerprint density at radius 3 is 1.71 bits per heavy atom. The van der Waals surface area contributed by atoms with Gasteiger partial charge in [-0.2, -0.15) is 0 Å². The highest BCUT2D eigenvalue weighted by Gasteiger charge is 1.97. The normalized spacial score (nSPS) is 11.2. The molecule has 1 aromatic carbocycles. The van der Waals surface area contributed by atoms with Gasteiger partial charge in [-0.15, -0.1) is 6.58 Å². The van der Waals surface area contributed by atoms with Gasteiger partial charge >= 0.3 is 0 Å². The van der Waals surface area contributed by atoms with Crippen molar-refractivity contribution in [2.24, 2.45) is 0 Å². The van der Waals surface area contributed by atoms with E-state index in [1.807, 2.05) is 6.08 Å². The molecule has 0 bridgehead atoms. The molecule has 0 aromatic heterocycles. The standard InChI is InChI=1S/C22H34O2/c1-2-3-4-5-6-7-8-9-10-11-12-13-14-15-16-20-17-21(23)19-22(24)18-20/h2,14-15,17-19,23-24H,1,3-13,16H2. The molecule has 0 radical (unpaired) electrons. The zero-order chi connectivity index (χ0) is 17.5. The van der Waals surface area contributed by atoms with Gasteiger partial charge in [0.25, 0.3) is 0 Å². The molecule has 0 fully saturated rings. The molecule has 0 atom stereocenters. The van der Waals surface area contributed by atoms with E-state index >= 15 is 0 Å².